The maximum atomic E-state index is 12.5. The Hall–Kier alpha value is -1.02. The Morgan fingerprint density at radius 2 is 2.05 bits per heavy atom. The van der Waals surface area contributed by atoms with Crippen molar-refractivity contribution in [3.63, 3.8) is 0 Å². The van der Waals surface area contributed by atoms with Gasteiger partial charge in [0, 0.05) is 30.5 Å². The third-order valence-corrected chi connectivity index (χ3v) is 4.84. The molecule has 1 aliphatic heterocycles. The van der Waals surface area contributed by atoms with Gasteiger partial charge in [0.15, 0.2) is 0 Å². The number of hydrogen-bond acceptors (Lipinski definition) is 1. The number of carbonyl (C=O) groups is 1. The quantitative estimate of drug-likeness (QED) is 0.777. The topological polar surface area (TPSA) is 20.3 Å². The van der Waals surface area contributed by atoms with E-state index in [0.29, 0.717) is 24.2 Å². The molecule has 2 unspecified atom stereocenters. The molecule has 2 atom stereocenters. The van der Waals surface area contributed by atoms with Crippen LogP contribution in [-0.2, 0) is 4.79 Å². The minimum absolute atomic E-state index is 0.324. The second kappa shape index (κ2) is 7.84. The molecule has 0 aliphatic carbocycles. The number of carbonyl (C=O) groups excluding carboxylic acids is 1. The molecule has 2 rings (SSSR count). The average molecular weight is 308 g/mol. The number of benzene rings is 1. The van der Waals surface area contributed by atoms with Crippen LogP contribution in [0.5, 0.6) is 0 Å². The fraction of sp³-hybridized carbons (Fsp3) is 0.611. The van der Waals surface area contributed by atoms with E-state index in [1.807, 2.05) is 12.1 Å². The molecular formula is C18H26ClNO. The fourth-order valence-corrected chi connectivity index (χ4v) is 3.07. The summed E-state index contributed by atoms with van der Waals surface area (Å²) in [5.74, 6) is 1.26. The number of amides is 1. The summed E-state index contributed by atoms with van der Waals surface area (Å²) < 4.78 is 0. The van der Waals surface area contributed by atoms with Crippen molar-refractivity contribution in [2.45, 2.75) is 51.9 Å². The third kappa shape index (κ3) is 4.74. The molecule has 1 aromatic rings. The lowest BCUT2D eigenvalue weighted by Gasteiger charge is -2.26. The van der Waals surface area contributed by atoms with E-state index in [2.05, 4.69) is 30.9 Å². The van der Waals surface area contributed by atoms with Gasteiger partial charge in [0.2, 0.25) is 5.91 Å². The maximum absolute atomic E-state index is 12.5. The zero-order valence-corrected chi connectivity index (χ0v) is 13.9. The summed E-state index contributed by atoms with van der Waals surface area (Å²) in [6.07, 6.45) is 5.23. The Labute approximate surface area is 133 Å². The molecule has 2 nitrogen and oxygen atoms in total. The minimum Gasteiger partial charge on any atom is -0.342 e. The molecule has 0 bridgehead atoms. The molecule has 21 heavy (non-hydrogen) atoms. The highest BCUT2D eigenvalue weighted by molar-refractivity contribution is 6.30. The number of likely N-dealkylation sites (tertiary alicyclic amines) is 1. The molecule has 0 radical (unpaired) electrons. The highest BCUT2D eigenvalue weighted by atomic mass is 35.5. The van der Waals surface area contributed by atoms with Crippen molar-refractivity contribution in [2.24, 2.45) is 5.92 Å². The van der Waals surface area contributed by atoms with Gasteiger partial charge in [-0.3, -0.25) is 4.79 Å². The first-order valence-electron chi connectivity index (χ1n) is 8.13. The van der Waals surface area contributed by atoms with Crippen LogP contribution in [0.4, 0.5) is 0 Å². The van der Waals surface area contributed by atoms with Gasteiger partial charge in [-0.2, -0.15) is 0 Å². The predicted octanol–water partition coefficient (Wildman–Crippen LogP) is 4.87. The molecule has 0 N–H and O–H groups in total. The zero-order valence-electron chi connectivity index (χ0n) is 13.1. The third-order valence-electron chi connectivity index (χ3n) is 4.59. The van der Waals surface area contributed by atoms with Gasteiger partial charge in [-0.1, -0.05) is 50.4 Å². The molecule has 1 fully saturated rings. The lowest BCUT2D eigenvalue weighted by atomic mass is 9.94. The number of hydrogen-bond donors (Lipinski definition) is 0. The maximum Gasteiger partial charge on any atom is 0.222 e. The zero-order chi connectivity index (χ0) is 15.2. The summed E-state index contributed by atoms with van der Waals surface area (Å²) in [7, 11) is 0. The summed E-state index contributed by atoms with van der Waals surface area (Å²) in [6.45, 7) is 6.08. The Balaban J connectivity index is 2.04. The lowest BCUT2D eigenvalue weighted by molar-refractivity contribution is -0.132. The van der Waals surface area contributed by atoms with Crippen LogP contribution >= 0.6 is 11.6 Å². The van der Waals surface area contributed by atoms with E-state index < -0.39 is 0 Å². The SMILES string of the molecule is CCC(C)CC(=O)N1CCCCC(c2ccc(Cl)cc2)C1. The molecular weight excluding hydrogens is 282 g/mol. The van der Waals surface area contributed by atoms with Gasteiger partial charge >= 0.3 is 0 Å². The smallest absolute Gasteiger partial charge is 0.222 e. The molecule has 116 valence electrons. The Morgan fingerprint density at radius 3 is 2.71 bits per heavy atom. The Kier molecular flexibility index (Phi) is 6.10. The first-order chi connectivity index (χ1) is 10.1. The number of rotatable bonds is 4. The minimum atomic E-state index is 0.324. The molecule has 0 spiro atoms. The van der Waals surface area contributed by atoms with Crippen LogP contribution in [0.2, 0.25) is 5.02 Å². The second-order valence-corrected chi connectivity index (χ2v) is 6.74. The second-order valence-electron chi connectivity index (χ2n) is 6.30. The normalized spacial score (nSPS) is 20.9. The van der Waals surface area contributed by atoms with Crippen LogP contribution in [0.15, 0.2) is 24.3 Å². The highest BCUT2D eigenvalue weighted by Crippen LogP contribution is 2.28. The van der Waals surface area contributed by atoms with E-state index in [-0.39, 0.29) is 0 Å². The van der Waals surface area contributed by atoms with Crippen molar-refractivity contribution in [3.8, 4) is 0 Å². The van der Waals surface area contributed by atoms with Crippen LogP contribution in [-0.4, -0.2) is 23.9 Å². The van der Waals surface area contributed by atoms with Crippen LogP contribution in [0.1, 0.15) is 57.4 Å². The van der Waals surface area contributed by atoms with Gasteiger partial charge in [0.1, 0.15) is 0 Å². The van der Waals surface area contributed by atoms with Gasteiger partial charge in [-0.05, 0) is 36.5 Å². The average Bonchev–Trinajstić information content (AvgIpc) is 2.74. The van der Waals surface area contributed by atoms with Gasteiger partial charge in [-0.15, -0.1) is 0 Å². The Morgan fingerprint density at radius 1 is 1.33 bits per heavy atom. The number of halogens is 1. The van der Waals surface area contributed by atoms with E-state index >= 15 is 0 Å². The van der Waals surface area contributed by atoms with E-state index in [4.69, 9.17) is 11.6 Å². The molecule has 3 heteroatoms. The molecule has 1 heterocycles. The summed E-state index contributed by atoms with van der Waals surface area (Å²) in [4.78, 5) is 14.5. The summed E-state index contributed by atoms with van der Waals surface area (Å²) in [5.41, 5.74) is 1.31. The van der Waals surface area contributed by atoms with Crippen molar-refractivity contribution in [1.82, 2.24) is 4.90 Å². The Bertz CT molecular complexity index is 457. The van der Waals surface area contributed by atoms with E-state index in [1.54, 1.807) is 0 Å². The summed E-state index contributed by atoms with van der Waals surface area (Å²) in [5, 5.41) is 0.775. The largest absolute Gasteiger partial charge is 0.342 e. The highest BCUT2D eigenvalue weighted by Gasteiger charge is 2.23. The molecule has 0 saturated carbocycles. The van der Waals surface area contributed by atoms with Crippen LogP contribution in [0.3, 0.4) is 0 Å². The van der Waals surface area contributed by atoms with Crippen LogP contribution < -0.4 is 0 Å². The molecule has 0 aromatic heterocycles. The molecule has 1 amide bonds. The standard InChI is InChI=1S/C18H26ClNO/c1-3-14(2)12-18(21)20-11-5-4-6-16(13-20)15-7-9-17(19)10-8-15/h7-10,14,16H,3-6,11-13H2,1-2H3. The van der Waals surface area contributed by atoms with Crippen molar-refractivity contribution >= 4 is 17.5 Å². The predicted molar refractivity (Wildman–Crippen MR) is 88.7 cm³/mol. The van der Waals surface area contributed by atoms with Gasteiger partial charge in [-0.25, -0.2) is 0 Å². The summed E-state index contributed by atoms with van der Waals surface area (Å²) >= 11 is 5.97. The molecule has 1 aromatic carbocycles. The lowest BCUT2D eigenvalue weighted by Crippen LogP contribution is -2.34. The fourth-order valence-electron chi connectivity index (χ4n) is 2.95. The van der Waals surface area contributed by atoms with Gasteiger partial charge < -0.3 is 4.90 Å². The monoisotopic (exact) mass is 307 g/mol. The number of nitrogens with zero attached hydrogens (tertiary/aromatic N) is 1. The molecule has 1 aliphatic rings. The molecule has 1 saturated heterocycles. The van der Waals surface area contributed by atoms with Crippen molar-refractivity contribution in [2.75, 3.05) is 13.1 Å². The first-order valence-corrected chi connectivity index (χ1v) is 8.51. The van der Waals surface area contributed by atoms with E-state index in [0.717, 1.165) is 37.4 Å². The van der Waals surface area contributed by atoms with Gasteiger partial charge in [0.05, 0.1) is 0 Å². The first kappa shape index (κ1) is 16.4. The summed E-state index contributed by atoms with van der Waals surface area (Å²) in [6, 6.07) is 8.12. The van der Waals surface area contributed by atoms with Crippen molar-refractivity contribution < 1.29 is 4.79 Å². The van der Waals surface area contributed by atoms with E-state index in [9.17, 15) is 4.79 Å². The van der Waals surface area contributed by atoms with Crippen LogP contribution in [0, 0.1) is 5.92 Å². The van der Waals surface area contributed by atoms with Crippen molar-refractivity contribution in [1.29, 1.82) is 0 Å². The van der Waals surface area contributed by atoms with Crippen LogP contribution in [0.25, 0.3) is 0 Å². The van der Waals surface area contributed by atoms with Crippen molar-refractivity contribution in [3.05, 3.63) is 34.9 Å². The van der Waals surface area contributed by atoms with E-state index in [1.165, 1.54) is 12.0 Å². The van der Waals surface area contributed by atoms with Gasteiger partial charge in [0.25, 0.3) is 0 Å².